The minimum absolute atomic E-state index is 0.0831. The van der Waals surface area contributed by atoms with Gasteiger partial charge in [0.05, 0.1) is 11.1 Å². The number of ether oxygens (including phenoxy) is 2. The molecule has 5 rings (SSSR count). The van der Waals surface area contributed by atoms with E-state index in [2.05, 4.69) is 109 Å². The molecule has 0 N–H and O–H groups in total. The van der Waals surface area contributed by atoms with Gasteiger partial charge in [-0.05, 0) is 124 Å². The van der Waals surface area contributed by atoms with E-state index in [4.69, 9.17) is 9.47 Å². The predicted octanol–water partition coefficient (Wildman–Crippen LogP) is 9.90. The molecule has 0 spiro atoms. The standard InChI is InChI=1S/C33H28Br4O4/c1-18-14-24(34)25(35)15-22(18)28-23-16-26(36)27(37)17-33(23,3)19(2)29(40-31(38)20-10-6-4-7-11-20)30(28)41-32(39)21-12-8-5-9-13-21/h4-17,19,23,28-30H,1-3H3. The molecule has 2 aliphatic carbocycles. The zero-order valence-corrected chi connectivity index (χ0v) is 29.0. The Morgan fingerprint density at radius 1 is 0.756 bits per heavy atom. The third-order valence-electron chi connectivity index (χ3n) is 8.42. The van der Waals surface area contributed by atoms with Crippen molar-refractivity contribution < 1.29 is 19.1 Å². The highest BCUT2D eigenvalue weighted by atomic mass is 79.9. The summed E-state index contributed by atoms with van der Waals surface area (Å²) in [5.74, 6) is -1.52. The van der Waals surface area contributed by atoms with E-state index in [0.717, 1.165) is 29.0 Å². The fourth-order valence-corrected chi connectivity index (χ4v) is 7.90. The molecule has 1 fully saturated rings. The number of halogens is 4. The lowest BCUT2D eigenvalue weighted by Gasteiger charge is -2.55. The number of esters is 2. The van der Waals surface area contributed by atoms with Crippen molar-refractivity contribution in [3.8, 4) is 0 Å². The van der Waals surface area contributed by atoms with E-state index in [1.54, 1.807) is 48.5 Å². The first-order valence-corrected chi connectivity index (χ1v) is 16.4. The Balaban J connectivity index is 1.69. The molecule has 3 aromatic rings. The zero-order valence-electron chi connectivity index (χ0n) is 22.6. The number of hydrogen-bond acceptors (Lipinski definition) is 4. The molecule has 4 nitrogen and oxygen atoms in total. The SMILES string of the molecule is Cc1cc(Br)c(Br)cc1C1C(OC(=O)c2ccccc2)C(OC(=O)c2ccccc2)C(C)C2(C)C=C(Br)C(Br)=CC12. The molecule has 41 heavy (non-hydrogen) atoms. The molecular formula is C33H28Br4O4. The molecule has 212 valence electrons. The average Bonchev–Trinajstić information content (AvgIpc) is 2.96. The van der Waals surface area contributed by atoms with Crippen molar-refractivity contribution >= 4 is 75.7 Å². The van der Waals surface area contributed by atoms with E-state index >= 15 is 0 Å². The second kappa shape index (κ2) is 12.3. The molecule has 0 saturated heterocycles. The number of carbonyl (C=O) groups excluding carboxylic acids is 2. The van der Waals surface area contributed by atoms with E-state index in [9.17, 15) is 9.59 Å². The van der Waals surface area contributed by atoms with Crippen LogP contribution in [0.25, 0.3) is 0 Å². The summed E-state index contributed by atoms with van der Waals surface area (Å²) in [7, 11) is 0. The fourth-order valence-electron chi connectivity index (χ4n) is 6.06. The van der Waals surface area contributed by atoms with Gasteiger partial charge in [0.15, 0.2) is 0 Å². The smallest absolute Gasteiger partial charge is 0.338 e. The van der Waals surface area contributed by atoms with Crippen LogP contribution < -0.4 is 0 Å². The van der Waals surface area contributed by atoms with Crippen LogP contribution in [0.4, 0.5) is 0 Å². The molecule has 0 amide bonds. The van der Waals surface area contributed by atoms with Gasteiger partial charge in [0, 0.05) is 35.2 Å². The number of aryl methyl sites for hydroxylation is 1. The van der Waals surface area contributed by atoms with Crippen LogP contribution in [0, 0.1) is 24.2 Å². The van der Waals surface area contributed by atoms with Gasteiger partial charge in [0.25, 0.3) is 0 Å². The van der Waals surface area contributed by atoms with E-state index in [1.165, 1.54) is 0 Å². The van der Waals surface area contributed by atoms with Crippen molar-refractivity contribution in [2.24, 2.45) is 17.3 Å². The Hall–Kier alpha value is -2.00. The summed E-state index contributed by atoms with van der Waals surface area (Å²) in [6.07, 6.45) is 2.89. The predicted molar refractivity (Wildman–Crippen MR) is 175 cm³/mol. The maximum absolute atomic E-state index is 13.6. The number of allylic oxidation sites excluding steroid dienone is 4. The van der Waals surface area contributed by atoms with Gasteiger partial charge in [-0.25, -0.2) is 9.59 Å². The number of rotatable bonds is 5. The first-order chi connectivity index (χ1) is 19.5. The average molecular weight is 808 g/mol. The van der Waals surface area contributed by atoms with Gasteiger partial charge in [0.2, 0.25) is 0 Å². The molecule has 0 aliphatic heterocycles. The van der Waals surface area contributed by atoms with Crippen LogP contribution in [0.5, 0.6) is 0 Å². The number of fused-ring (bicyclic) bond motifs is 1. The third kappa shape index (κ3) is 5.95. The molecule has 1 saturated carbocycles. The highest BCUT2D eigenvalue weighted by Crippen LogP contribution is 2.59. The summed E-state index contributed by atoms with van der Waals surface area (Å²) in [6.45, 7) is 6.31. The quantitative estimate of drug-likeness (QED) is 0.241. The van der Waals surface area contributed by atoms with Crippen LogP contribution in [0.3, 0.4) is 0 Å². The lowest BCUT2D eigenvalue weighted by atomic mass is 9.53. The van der Waals surface area contributed by atoms with E-state index in [1.807, 2.05) is 12.1 Å². The number of carbonyl (C=O) groups is 2. The van der Waals surface area contributed by atoms with Crippen LogP contribution in [-0.2, 0) is 9.47 Å². The Labute approximate surface area is 274 Å². The minimum atomic E-state index is -0.767. The van der Waals surface area contributed by atoms with Gasteiger partial charge < -0.3 is 9.47 Å². The molecule has 6 unspecified atom stereocenters. The van der Waals surface area contributed by atoms with Gasteiger partial charge >= 0.3 is 11.9 Å². The van der Waals surface area contributed by atoms with Crippen LogP contribution in [-0.4, -0.2) is 24.1 Å². The maximum Gasteiger partial charge on any atom is 0.338 e. The third-order valence-corrected chi connectivity index (χ3v) is 12.1. The van der Waals surface area contributed by atoms with Crippen LogP contribution in [0.1, 0.15) is 51.6 Å². The first kappa shape index (κ1) is 30.5. The zero-order chi connectivity index (χ0) is 29.5. The summed E-state index contributed by atoms with van der Waals surface area (Å²) in [4.78, 5) is 27.2. The maximum atomic E-state index is 13.6. The van der Waals surface area contributed by atoms with Gasteiger partial charge in [-0.1, -0.05) is 62.4 Å². The molecule has 0 aromatic heterocycles. The molecule has 6 atom stereocenters. The second-order valence-corrected chi connectivity index (χ2v) is 14.2. The van der Waals surface area contributed by atoms with Gasteiger partial charge in [-0.3, -0.25) is 0 Å². The van der Waals surface area contributed by atoms with E-state index in [0.29, 0.717) is 11.1 Å². The molecule has 0 heterocycles. The van der Waals surface area contributed by atoms with Crippen molar-refractivity contribution in [1.29, 1.82) is 0 Å². The van der Waals surface area contributed by atoms with E-state index in [-0.39, 0.29) is 17.8 Å². The summed E-state index contributed by atoms with van der Waals surface area (Å²) in [6, 6.07) is 22.0. The number of hydrogen-bond donors (Lipinski definition) is 0. The van der Waals surface area contributed by atoms with Gasteiger partial charge in [-0.2, -0.15) is 0 Å². The first-order valence-electron chi connectivity index (χ1n) is 13.2. The molecule has 0 radical (unpaired) electrons. The molecule has 3 aromatic carbocycles. The summed E-state index contributed by atoms with van der Waals surface area (Å²) in [5, 5.41) is 0. The minimum Gasteiger partial charge on any atom is -0.454 e. The van der Waals surface area contributed by atoms with Crippen molar-refractivity contribution in [2.75, 3.05) is 0 Å². The lowest BCUT2D eigenvalue weighted by Crippen LogP contribution is -2.58. The Morgan fingerprint density at radius 3 is 1.83 bits per heavy atom. The fraction of sp³-hybridized carbons (Fsp3) is 0.273. The Bertz CT molecular complexity index is 1540. The molecule has 2 aliphatic rings. The van der Waals surface area contributed by atoms with Crippen molar-refractivity contribution in [1.82, 2.24) is 0 Å². The Kier molecular flexibility index (Phi) is 9.15. The molecule has 8 heteroatoms. The largest absolute Gasteiger partial charge is 0.454 e. The lowest BCUT2D eigenvalue weighted by molar-refractivity contribution is -0.121. The van der Waals surface area contributed by atoms with Crippen molar-refractivity contribution in [2.45, 2.75) is 38.9 Å². The molecular weight excluding hydrogens is 780 g/mol. The summed E-state index contributed by atoms with van der Waals surface area (Å²) >= 11 is 14.8. The second-order valence-electron chi connectivity index (χ2n) is 10.8. The summed E-state index contributed by atoms with van der Waals surface area (Å²) < 4.78 is 16.5. The normalized spacial score (nSPS) is 27.2. The van der Waals surface area contributed by atoms with Gasteiger partial charge in [-0.15, -0.1) is 0 Å². The van der Waals surface area contributed by atoms with E-state index < -0.39 is 29.6 Å². The topological polar surface area (TPSA) is 52.6 Å². The van der Waals surface area contributed by atoms with Crippen LogP contribution >= 0.6 is 63.7 Å². The monoisotopic (exact) mass is 804 g/mol. The highest BCUT2D eigenvalue weighted by Gasteiger charge is 2.58. The number of benzene rings is 3. The van der Waals surface area contributed by atoms with Crippen molar-refractivity contribution in [3.05, 3.63) is 125 Å². The van der Waals surface area contributed by atoms with Crippen molar-refractivity contribution in [3.63, 3.8) is 0 Å². The Morgan fingerprint density at radius 2 is 1.27 bits per heavy atom. The van der Waals surface area contributed by atoms with Crippen LogP contribution in [0.15, 0.2) is 103 Å². The van der Waals surface area contributed by atoms with Gasteiger partial charge in [0.1, 0.15) is 12.2 Å². The molecule has 0 bridgehead atoms. The summed E-state index contributed by atoms with van der Waals surface area (Å²) in [5.41, 5.74) is 2.50. The highest BCUT2D eigenvalue weighted by molar-refractivity contribution is 9.15. The van der Waals surface area contributed by atoms with Crippen LogP contribution in [0.2, 0.25) is 0 Å².